The standard InChI is InChI=1S/C7H10FNS/c1-7(8,5-9)6-3-2-4-10-6/h2-4H,5,9H2,1H3/t7-/m0/s1. The molecule has 0 aliphatic carbocycles. The normalized spacial score (nSPS) is 16.7. The largest absolute Gasteiger partial charge is 0.327 e. The Hall–Kier alpha value is -0.410. The van der Waals surface area contributed by atoms with Crippen LogP contribution in [0, 0.1) is 0 Å². The molecule has 0 unspecified atom stereocenters. The van der Waals surface area contributed by atoms with Crippen LogP contribution in [-0.4, -0.2) is 6.54 Å². The molecule has 0 fully saturated rings. The highest BCUT2D eigenvalue weighted by molar-refractivity contribution is 7.10. The fraction of sp³-hybridized carbons (Fsp3) is 0.429. The fourth-order valence-electron chi connectivity index (χ4n) is 0.676. The van der Waals surface area contributed by atoms with Crippen molar-refractivity contribution in [2.24, 2.45) is 5.73 Å². The van der Waals surface area contributed by atoms with Crippen LogP contribution in [0.25, 0.3) is 0 Å². The average molecular weight is 159 g/mol. The number of hydrogen-bond donors (Lipinski definition) is 1. The second-order valence-corrected chi connectivity index (χ2v) is 3.33. The number of hydrogen-bond acceptors (Lipinski definition) is 2. The number of nitrogens with two attached hydrogens (primary N) is 1. The summed E-state index contributed by atoms with van der Waals surface area (Å²) in [6.07, 6.45) is 0. The first-order valence-corrected chi connectivity index (χ1v) is 3.98. The van der Waals surface area contributed by atoms with E-state index < -0.39 is 5.67 Å². The zero-order valence-corrected chi connectivity index (χ0v) is 6.62. The summed E-state index contributed by atoms with van der Waals surface area (Å²) >= 11 is 1.40. The summed E-state index contributed by atoms with van der Waals surface area (Å²) in [5, 5.41) is 1.85. The van der Waals surface area contributed by atoms with E-state index in [-0.39, 0.29) is 6.54 Å². The summed E-state index contributed by atoms with van der Waals surface area (Å²) < 4.78 is 13.3. The molecule has 2 N–H and O–H groups in total. The Morgan fingerprint density at radius 1 is 1.80 bits per heavy atom. The molecule has 10 heavy (non-hydrogen) atoms. The Kier molecular flexibility index (Phi) is 2.06. The van der Waals surface area contributed by atoms with Gasteiger partial charge in [0.05, 0.1) is 0 Å². The van der Waals surface area contributed by atoms with Crippen molar-refractivity contribution in [3.63, 3.8) is 0 Å². The van der Waals surface area contributed by atoms with E-state index in [0.717, 1.165) is 0 Å². The van der Waals surface area contributed by atoms with E-state index in [4.69, 9.17) is 5.73 Å². The van der Waals surface area contributed by atoms with Crippen LogP contribution < -0.4 is 5.73 Å². The maximum absolute atomic E-state index is 13.3. The number of thiophene rings is 1. The molecule has 0 spiro atoms. The van der Waals surface area contributed by atoms with E-state index in [0.29, 0.717) is 4.88 Å². The average Bonchev–Trinajstić information content (AvgIpc) is 2.38. The summed E-state index contributed by atoms with van der Waals surface area (Å²) in [5.74, 6) is 0. The summed E-state index contributed by atoms with van der Waals surface area (Å²) in [7, 11) is 0. The minimum Gasteiger partial charge on any atom is -0.327 e. The molecule has 1 rings (SSSR count). The molecule has 1 aromatic rings. The van der Waals surface area contributed by atoms with Crippen LogP contribution >= 0.6 is 11.3 Å². The molecule has 0 bridgehead atoms. The first kappa shape index (κ1) is 7.69. The highest BCUT2D eigenvalue weighted by atomic mass is 32.1. The van der Waals surface area contributed by atoms with E-state index in [9.17, 15) is 4.39 Å². The molecule has 0 saturated carbocycles. The fourth-order valence-corrected chi connectivity index (χ4v) is 1.47. The van der Waals surface area contributed by atoms with Crippen molar-refractivity contribution in [1.29, 1.82) is 0 Å². The van der Waals surface area contributed by atoms with Crippen molar-refractivity contribution < 1.29 is 4.39 Å². The van der Waals surface area contributed by atoms with Gasteiger partial charge in [-0.05, 0) is 18.4 Å². The molecule has 1 heterocycles. The number of alkyl halides is 1. The molecule has 0 aliphatic heterocycles. The van der Waals surface area contributed by atoms with Gasteiger partial charge in [0, 0.05) is 11.4 Å². The quantitative estimate of drug-likeness (QED) is 0.700. The van der Waals surface area contributed by atoms with E-state index in [2.05, 4.69) is 0 Å². The van der Waals surface area contributed by atoms with Crippen LogP contribution in [-0.2, 0) is 5.67 Å². The van der Waals surface area contributed by atoms with Gasteiger partial charge < -0.3 is 5.73 Å². The van der Waals surface area contributed by atoms with Crippen molar-refractivity contribution in [3.05, 3.63) is 22.4 Å². The predicted octanol–water partition coefficient (Wildman–Crippen LogP) is 1.89. The molecular formula is C7H10FNS. The Morgan fingerprint density at radius 3 is 2.90 bits per heavy atom. The van der Waals surface area contributed by atoms with Gasteiger partial charge >= 0.3 is 0 Å². The van der Waals surface area contributed by atoms with Crippen LogP contribution in [0.5, 0.6) is 0 Å². The lowest BCUT2D eigenvalue weighted by atomic mass is 10.1. The van der Waals surface area contributed by atoms with E-state index in [1.165, 1.54) is 18.3 Å². The lowest BCUT2D eigenvalue weighted by molar-refractivity contribution is 0.209. The van der Waals surface area contributed by atoms with Gasteiger partial charge in [0.25, 0.3) is 0 Å². The highest BCUT2D eigenvalue weighted by Crippen LogP contribution is 2.27. The highest BCUT2D eigenvalue weighted by Gasteiger charge is 2.24. The molecule has 56 valence electrons. The van der Waals surface area contributed by atoms with Gasteiger partial charge in [-0.3, -0.25) is 0 Å². The summed E-state index contributed by atoms with van der Waals surface area (Å²) in [4.78, 5) is 0.704. The topological polar surface area (TPSA) is 26.0 Å². The predicted molar refractivity (Wildman–Crippen MR) is 41.8 cm³/mol. The zero-order valence-electron chi connectivity index (χ0n) is 5.80. The van der Waals surface area contributed by atoms with Crippen molar-refractivity contribution in [2.45, 2.75) is 12.6 Å². The second kappa shape index (κ2) is 2.68. The Labute approximate surface area is 63.7 Å². The third-order valence-corrected chi connectivity index (χ3v) is 2.53. The molecule has 0 radical (unpaired) electrons. The van der Waals surface area contributed by atoms with Crippen LogP contribution in [0.15, 0.2) is 17.5 Å². The molecule has 0 aliphatic rings. The van der Waals surface area contributed by atoms with Crippen molar-refractivity contribution >= 4 is 11.3 Å². The monoisotopic (exact) mass is 159 g/mol. The zero-order chi connectivity index (χ0) is 7.61. The third-order valence-electron chi connectivity index (χ3n) is 1.42. The minimum absolute atomic E-state index is 0.0491. The van der Waals surface area contributed by atoms with E-state index in [1.54, 1.807) is 6.07 Å². The van der Waals surface area contributed by atoms with E-state index in [1.807, 2.05) is 11.4 Å². The van der Waals surface area contributed by atoms with Gasteiger partial charge in [-0.1, -0.05) is 6.07 Å². The van der Waals surface area contributed by atoms with Gasteiger partial charge in [0.15, 0.2) is 5.67 Å². The number of halogens is 1. The number of rotatable bonds is 2. The first-order chi connectivity index (χ1) is 4.67. The van der Waals surface area contributed by atoms with Crippen LogP contribution in [0.3, 0.4) is 0 Å². The first-order valence-electron chi connectivity index (χ1n) is 3.10. The van der Waals surface area contributed by atoms with E-state index >= 15 is 0 Å². The van der Waals surface area contributed by atoms with Gasteiger partial charge in [-0.2, -0.15) is 0 Å². The van der Waals surface area contributed by atoms with Gasteiger partial charge in [0.1, 0.15) is 0 Å². The second-order valence-electron chi connectivity index (χ2n) is 2.38. The molecule has 1 nitrogen and oxygen atoms in total. The van der Waals surface area contributed by atoms with Crippen LogP contribution in [0.1, 0.15) is 11.8 Å². The van der Waals surface area contributed by atoms with Gasteiger partial charge in [-0.25, -0.2) is 4.39 Å². The molecule has 0 aromatic carbocycles. The maximum Gasteiger partial charge on any atom is 0.154 e. The Morgan fingerprint density at radius 2 is 2.50 bits per heavy atom. The third kappa shape index (κ3) is 1.36. The van der Waals surface area contributed by atoms with Gasteiger partial charge in [-0.15, -0.1) is 11.3 Å². The molecule has 0 saturated heterocycles. The molecule has 1 aromatic heterocycles. The maximum atomic E-state index is 13.3. The lowest BCUT2D eigenvalue weighted by Crippen LogP contribution is -2.25. The Bertz CT molecular complexity index is 193. The molecule has 3 heteroatoms. The SMILES string of the molecule is C[C@](F)(CN)c1cccs1. The van der Waals surface area contributed by atoms with Crippen molar-refractivity contribution in [1.82, 2.24) is 0 Å². The summed E-state index contributed by atoms with van der Waals surface area (Å²) in [5.41, 5.74) is 3.89. The van der Waals surface area contributed by atoms with Crippen LogP contribution in [0.2, 0.25) is 0 Å². The molecular weight excluding hydrogens is 149 g/mol. The lowest BCUT2D eigenvalue weighted by Gasteiger charge is -2.14. The van der Waals surface area contributed by atoms with Crippen LogP contribution in [0.4, 0.5) is 4.39 Å². The van der Waals surface area contributed by atoms with Gasteiger partial charge in [0.2, 0.25) is 0 Å². The minimum atomic E-state index is -1.34. The smallest absolute Gasteiger partial charge is 0.154 e. The van der Waals surface area contributed by atoms with Crippen molar-refractivity contribution in [3.8, 4) is 0 Å². The molecule has 1 atom stereocenters. The Balaban J connectivity index is 2.85. The molecule has 0 amide bonds. The summed E-state index contributed by atoms with van der Waals surface area (Å²) in [6, 6.07) is 3.59. The van der Waals surface area contributed by atoms with Crippen molar-refractivity contribution in [2.75, 3.05) is 6.54 Å². The summed E-state index contributed by atoms with van der Waals surface area (Å²) in [6.45, 7) is 1.55.